The lowest BCUT2D eigenvalue weighted by Gasteiger charge is -2.32. The van der Waals surface area contributed by atoms with E-state index in [0.717, 1.165) is 22.9 Å². The number of carbonyl (C=O) groups is 4. The topological polar surface area (TPSA) is 197 Å². The summed E-state index contributed by atoms with van der Waals surface area (Å²) in [6.45, 7) is 8.03. The number of ether oxygens (including phenoxy) is 2. The third-order valence-electron chi connectivity index (χ3n) is 11.9. The molecule has 2 aliphatic carbocycles. The van der Waals surface area contributed by atoms with E-state index in [2.05, 4.69) is 20.3 Å². The van der Waals surface area contributed by atoms with Crippen molar-refractivity contribution in [2.75, 3.05) is 37.7 Å². The monoisotopic (exact) mass is 766 g/mol. The van der Waals surface area contributed by atoms with Crippen molar-refractivity contribution in [3.63, 3.8) is 0 Å². The minimum absolute atomic E-state index is 0.0257. The standard InChI is InChI=1S/C38H50N6O9S/c1-23-8-4-5-9-25-20-38(25,35(47)42-54(50,51)37(3)12-13-37)41-32(45)29-19-26(22-44(29)34(46)31(24(2)18-23)40-36(48)49)53-33-28-11-7-6-10-27(28)30(21-39-33)43-14-16-52-17-15-43/h5-7,9-11,21,23-26,29,31,40H,4,8,12-20,22H2,1-3H3,(H,41,45)(H,42,47)(H,48,49)/b9-5-/t23-,24+,25+,26+,29-,31-,38+/m0/s1. The molecular formula is C38H50N6O9S. The van der Waals surface area contributed by atoms with Gasteiger partial charge in [-0.25, -0.2) is 18.2 Å². The second-order valence-corrected chi connectivity index (χ2v) is 18.2. The lowest BCUT2D eigenvalue weighted by atomic mass is 9.88. The summed E-state index contributed by atoms with van der Waals surface area (Å²) in [7, 11) is -4.00. The summed E-state index contributed by atoms with van der Waals surface area (Å²) in [5, 5.41) is 16.8. The molecule has 3 aliphatic heterocycles. The molecule has 7 rings (SSSR count). The number of carbonyl (C=O) groups excluding carboxylic acids is 3. The number of aromatic nitrogens is 1. The number of carboxylic acid groups (broad SMARTS) is 1. The molecule has 2 aromatic rings. The summed E-state index contributed by atoms with van der Waals surface area (Å²) < 4.78 is 39.6. The number of anilines is 1. The van der Waals surface area contributed by atoms with Gasteiger partial charge >= 0.3 is 6.09 Å². The number of nitrogens with one attached hydrogen (secondary N) is 3. The van der Waals surface area contributed by atoms with Crippen molar-refractivity contribution in [3.8, 4) is 5.88 Å². The Bertz CT molecular complexity index is 1950. The van der Waals surface area contributed by atoms with E-state index in [1.54, 1.807) is 13.1 Å². The Hall–Kier alpha value is -4.44. The molecule has 2 saturated carbocycles. The zero-order valence-corrected chi connectivity index (χ0v) is 31.8. The smallest absolute Gasteiger partial charge is 0.405 e. The van der Waals surface area contributed by atoms with E-state index >= 15 is 0 Å². The fraction of sp³-hybridized carbons (Fsp3) is 0.605. The van der Waals surface area contributed by atoms with Gasteiger partial charge in [-0.2, -0.15) is 0 Å². The van der Waals surface area contributed by atoms with Crippen molar-refractivity contribution in [1.82, 2.24) is 25.2 Å². The van der Waals surface area contributed by atoms with Gasteiger partial charge in [0.2, 0.25) is 27.7 Å². The summed E-state index contributed by atoms with van der Waals surface area (Å²) in [5.41, 5.74) is -0.597. The minimum Gasteiger partial charge on any atom is -0.472 e. The Kier molecular flexibility index (Phi) is 10.3. The number of amides is 4. The van der Waals surface area contributed by atoms with Crippen LogP contribution >= 0.6 is 0 Å². The van der Waals surface area contributed by atoms with E-state index in [9.17, 15) is 32.7 Å². The fourth-order valence-corrected chi connectivity index (χ4v) is 9.50. The molecule has 0 bridgehead atoms. The first-order valence-corrected chi connectivity index (χ1v) is 20.4. The molecule has 0 unspecified atom stereocenters. The minimum atomic E-state index is -4.00. The van der Waals surface area contributed by atoms with Crippen LogP contribution in [0.3, 0.4) is 0 Å². The Labute approximate surface area is 315 Å². The maximum absolute atomic E-state index is 14.5. The van der Waals surface area contributed by atoms with Gasteiger partial charge in [0.15, 0.2) is 0 Å². The van der Waals surface area contributed by atoms with E-state index in [0.29, 0.717) is 57.9 Å². The molecule has 4 N–H and O–H groups in total. The van der Waals surface area contributed by atoms with Gasteiger partial charge in [0, 0.05) is 36.2 Å². The molecule has 5 aliphatic rings. The van der Waals surface area contributed by atoms with E-state index in [-0.39, 0.29) is 25.3 Å². The molecule has 0 spiro atoms. The summed E-state index contributed by atoms with van der Waals surface area (Å²) in [5.74, 6) is -2.44. The average Bonchev–Trinajstić information content (AvgIpc) is 4.02. The van der Waals surface area contributed by atoms with E-state index in [1.807, 2.05) is 50.3 Å². The zero-order valence-electron chi connectivity index (χ0n) is 31.0. The summed E-state index contributed by atoms with van der Waals surface area (Å²) in [6.07, 6.45) is 6.50. The van der Waals surface area contributed by atoms with Crippen LogP contribution in [0.4, 0.5) is 10.5 Å². The number of allylic oxidation sites excluding steroid dienone is 1. The molecule has 4 amide bonds. The molecule has 2 saturated heterocycles. The quantitative estimate of drug-likeness (QED) is 0.303. The molecule has 15 nitrogen and oxygen atoms in total. The van der Waals surface area contributed by atoms with Gasteiger partial charge in [-0.1, -0.05) is 44.2 Å². The van der Waals surface area contributed by atoms with Gasteiger partial charge in [-0.05, 0) is 63.4 Å². The van der Waals surface area contributed by atoms with Crippen LogP contribution in [0.2, 0.25) is 0 Å². The van der Waals surface area contributed by atoms with E-state index in [4.69, 9.17) is 14.5 Å². The zero-order chi connectivity index (χ0) is 38.4. The molecule has 54 heavy (non-hydrogen) atoms. The highest BCUT2D eigenvalue weighted by molar-refractivity contribution is 7.91. The summed E-state index contributed by atoms with van der Waals surface area (Å²) in [6, 6.07) is 5.41. The van der Waals surface area contributed by atoms with Gasteiger partial charge in [0.25, 0.3) is 5.91 Å². The van der Waals surface area contributed by atoms with Crippen LogP contribution in [0.15, 0.2) is 42.6 Å². The molecule has 16 heteroatoms. The predicted molar refractivity (Wildman–Crippen MR) is 199 cm³/mol. The average molecular weight is 767 g/mol. The number of pyridine rings is 1. The van der Waals surface area contributed by atoms with Crippen molar-refractivity contribution in [3.05, 3.63) is 42.6 Å². The Morgan fingerprint density at radius 1 is 1.09 bits per heavy atom. The Balaban J connectivity index is 1.21. The Morgan fingerprint density at radius 3 is 2.52 bits per heavy atom. The first kappa shape index (κ1) is 37.9. The lowest BCUT2D eigenvalue weighted by Crippen LogP contribution is -2.59. The predicted octanol–water partition coefficient (Wildman–Crippen LogP) is 2.94. The second kappa shape index (κ2) is 14.7. The number of rotatable bonds is 7. The van der Waals surface area contributed by atoms with Gasteiger partial charge in [-0.3, -0.25) is 19.1 Å². The third kappa shape index (κ3) is 7.46. The molecule has 7 atom stereocenters. The normalized spacial score (nSPS) is 31.9. The van der Waals surface area contributed by atoms with Crippen LogP contribution in [0.5, 0.6) is 5.88 Å². The molecule has 4 fully saturated rings. The molecular weight excluding hydrogens is 717 g/mol. The van der Waals surface area contributed by atoms with Crippen LogP contribution in [-0.2, 0) is 29.1 Å². The highest BCUT2D eigenvalue weighted by Gasteiger charge is 2.63. The fourth-order valence-electron chi connectivity index (χ4n) is 8.19. The summed E-state index contributed by atoms with van der Waals surface area (Å²) >= 11 is 0. The van der Waals surface area contributed by atoms with Gasteiger partial charge in [0.1, 0.15) is 23.7 Å². The summed E-state index contributed by atoms with van der Waals surface area (Å²) in [4.78, 5) is 63.0. The van der Waals surface area contributed by atoms with E-state index in [1.165, 1.54) is 4.90 Å². The van der Waals surface area contributed by atoms with Crippen LogP contribution in [0, 0.1) is 17.8 Å². The molecule has 1 aromatic heterocycles. The van der Waals surface area contributed by atoms with E-state index < -0.39 is 74.1 Å². The van der Waals surface area contributed by atoms with Crippen LogP contribution in [0.25, 0.3) is 10.8 Å². The first-order chi connectivity index (χ1) is 25.7. The number of hydrogen-bond donors (Lipinski definition) is 4. The van der Waals surface area contributed by atoms with Crippen molar-refractivity contribution in [2.24, 2.45) is 17.8 Å². The molecule has 4 heterocycles. The maximum atomic E-state index is 14.5. The third-order valence-corrected chi connectivity index (χ3v) is 14.1. The highest BCUT2D eigenvalue weighted by Crippen LogP contribution is 2.47. The van der Waals surface area contributed by atoms with Crippen LogP contribution < -0.4 is 25.0 Å². The largest absolute Gasteiger partial charge is 0.472 e. The van der Waals surface area contributed by atoms with Gasteiger partial charge < -0.3 is 35.0 Å². The highest BCUT2D eigenvalue weighted by atomic mass is 32.2. The van der Waals surface area contributed by atoms with Crippen molar-refractivity contribution in [1.29, 1.82) is 0 Å². The van der Waals surface area contributed by atoms with Crippen molar-refractivity contribution >= 4 is 50.3 Å². The van der Waals surface area contributed by atoms with Crippen LogP contribution in [0.1, 0.15) is 65.7 Å². The molecule has 292 valence electrons. The van der Waals surface area contributed by atoms with Gasteiger partial charge in [0.05, 0.1) is 36.4 Å². The maximum Gasteiger partial charge on any atom is 0.405 e. The van der Waals surface area contributed by atoms with Gasteiger partial charge in [-0.15, -0.1) is 0 Å². The SMILES string of the molecule is C[C@H]1CC/C=C\[C@@H]2C[C@@]2(C(=O)NS(=O)(=O)C2(C)CC2)NC(=O)[C@@H]2C[C@@H](Oc3ncc(N4CCOCC4)c4ccccc34)CN2C(=O)[C@@H](NC(=O)O)[C@H](C)C1. The van der Waals surface area contributed by atoms with Crippen molar-refractivity contribution in [2.45, 2.75) is 94.2 Å². The number of fused-ring (bicyclic) bond motifs is 3. The number of sulfonamides is 1. The molecule has 0 radical (unpaired) electrons. The number of hydrogen-bond acceptors (Lipinski definition) is 10. The number of nitrogens with zero attached hydrogens (tertiary/aromatic N) is 3. The molecule has 1 aromatic carbocycles. The number of morpholine rings is 1. The Morgan fingerprint density at radius 2 is 1.81 bits per heavy atom. The number of benzene rings is 1. The van der Waals surface area contributed by atoms with Crippen molar-refractivity contribution < 1.29 is 42.2 Å². The lowest BCUT2D eigenvalue weighted by molar-refractivity contribution is -0.142. The second-order valence-electron chi connectivity index (χ2n) is 16.0. The van der Waals surface area contributed by atoms with Crippen LogP contribution in [-0.4, -0.2) is 109 Å². The first-order valence-electron chi connectivity index (χ1n) is 18.9.